The third-order valence-electron chi connectivity index (χ3n) is 3.77. The summed E-state index contributed by atoms with van der Waals surface area (Å²) in [5, 5.41) is 0.778. The lowest BCUT2D eigenvalue weighted by Crippen LogP contribution is -2.18. The van der Waals surface area contributed by atoms with E-state index in [0.29, 0.717) is 17.1 Å². The van der Waals surface area contributed by atoms with Gasteiger partial charge in [0.1, 0.15) is 17.1 Å². The third-order valence-corrected chi connectivity index (χ3v) is 3.77. The summed E-state index contributed by atoms with van der Waals surface area (Å²) in [6, 6.07) is 12.0. The summed E-state index contributed by atoms with van der Waals surface area (Å²) in [7, 11) is 0. The smallest absolute Gasteiger partial charge is 0.349 e. The maximum absolute atomic E-state index is 12.1. The van der Waals surface area contributed by atoms with E-state index in [9.17, 15) is 9.59 Å². The maximum Gasteiger partial charge on any atom is 0.349 e. The maximum atomic E-state index is 12.1. The predicted molar refractivity (Wildman–Crippen MR) is 94.3 cm³/mol. The van der Waals surface area contributed by atoms with Gasteiger partial charge < -0.3 is 13.9 Å². The lowest BCUT2D eigenvalue weighted by Gasteiger charge is -2.12. The van der Waals surface area contributed by atoms with Crippen LogP contribution in [0.5, 0.6) is 11.5 Å². The van der Waals surface area contributed by atoms with E-state index in [0.717, 1.165) is 22.1 Å². The molecule has 0 N–H and O–H groups in total. The number of hydrogen-bond acceptors (Lipinski definition) is 5. The fraction of sp³-hybridized carbons (Fsp3) is 0.200. The fourth-order valence-electron chi connectivity index (χ4n) is 2.74. The van der Waals surface area contributed by atoms with Crippen molar-refractivity contribution in [2.75, 3.05) is 6.61 Å². The molecule has 5 heteroatoms. The van der Waals surface area contributed by atoms with E-state index >= 15 is 0 Å². The average Bonchev–Trinajstić information content (AvgIpc) is 2.55. The number of carbonyl (C=O) groups excluding carboxylic acids is 1. The van der Waals surface area contributed by atoms with Gasteiger partial charge in [-0.2, -0.15) is 0 Å². The first-order valence-electron chi connectivity index (χ1n) is 7.87. The molecule has 0 aliphatic heterocycles. The predicted octanol–water partition coefficient (Wildman–Crippen LogP) is 3.70. The van der Waals surface area contributed by atoms with Crippen molar-refractivity contribution in [2.24, 2.45) is 0 Å². The van der Waals surface area contributed by atoms with Crippen molar-refractivity contribution in [1.29, 1.82) is 0 Å². The standard InChI is InChI=1S/C20H18O5/c1-12-8-13(2)20(14(3)9-12)25-19(22)11-23-16-6-4-15-5-7-18(21)24-17(15)10-16/h4-10H,11H2,1-3H3. The van der Waals surface area contributed by atoms with Gasteiger partial charge >= 0.3 is 11.6 Å². The van der Waals surface area contributed by atoms with Gasteiger partial charge in [0.05, 0.1) is 0 Å². The monoisotopic (exact) mass is 338 g/mol. The van der Waals surface area contributed by atoms with Crippen LogP contribution in [-0.4, -0.2) is 12.6 Å². The zero-order chi connectivity index (χ0) is 18.0. The lowest BCUT2D eigenvalue weighted by atomic mass is 10.1. The van der Waals surface area contributed by atoms with E-state index in [-0.39, 0.29) is 6.61 Å². The van der Waals surface area contributed by atoms with Crippen molar-refractivity contribution in [2.45, 2.75) is 20.8 Å². The van der Waals surface area contributed by atoms with Crippen LogP contribution in [0.1, 0.15) is 16.7 Å². The van der Waals surface area contributed by atoms with E-state index < -0.39 is 11.6 Å². The zero-order valence-corrected chi connectivity index (χ0v) is 14.3. The van der Waals surface area contributed by atoms with Crippen molar-refractivity contribution in [1.82, 2.24) is 0 Å². The highest BCUT2D eigenvalue weighted by molar-refractivity contribution is 5.78. The number of aryl methyl sites for hydroxylation is 3. The number of benzene rings is 2. The van der Waals surface area contributed by atoms with Gasteiger partial charge in [-0.3, -0.25) is 0 Å². The normalized spacial score (nSPS) is 10.7. The largest absolute Gasteiger partial charge is 0.482 e. The zero-order valence-electron chi connectivity index (χ0n) is 14.3. The Labute approximate surface area is 144 Å². The molecule has 0 atom stereocenters. The molecule has 0 fully saturated rings. The number of esters is 1. The Morgan fingerprint density at radius 2 is 1.68 bits per heavy atom. The first-order chi connectivity index (χ1) is 11.9. The summed E-state index contributed by atoms with van der Waals surface area (Å²) in [6.45, 7) is 5.55. The Balaban J connectivity index is 1.69. The summed E-state index contributed by atoms with van der Waals surface area (Å²) in [4.78, 5) is 23.3. The van der Waals surface area contributed by atoms with Crippen LogP contribution in [0, 0.1) is 20.8 Å². The van der Waals surface area contributed by atoms with Crippen LogP contribution in [0.25, 0.3) is 11.0 Å². The second-order valence-electron chi connectivity index (χ2n) is 5.94. The number of carbonyl (C=O) groups is 1. The molecule has 0 saturated heterocycles. The first-order valence-corrected chi connectivity index (χ1v) is 7.87. The Morgan fingerprint density at radius 1 is 1.00 bits per heavy atom. The molecule has 3 rings (SSSR count). The molecule has 0 aliphatic carbocycles. The van der Waals surface area contributed by atoms with Crippen molar-refractivity contribution in [3.63, 3.8) is 0 Å². The second kappa shape index (κ2) is 6.81. The average molecular weight is 338 g/mol. The van der Waals surface area contributed by atoms with E-state index in [1.165, 1.54) is 6.07 Å². The SMILES string of the molecule is Cc1cc(C)c(OC(=O)COc2ccc3ccc(=O)oc3c2)c(C)c1. The van der Waals surface area contributed by atoms with Crippen LogP contribution in [0.4, 0.5) is 0 Å². The highest BCUT2D eigenvalue weighted by atomic mass is 16.6. The van der Waals surface area contributed by atoms with Gasteiger partial charge in [0.15, 0.2) is 6.61 Å². The molecule has 2 aromatic carbocycles. The van der Waals surface area contributed by atoms with Crippen molar-refractivity contribution < 1.29 is 18.7 Å². The number of hydrogen-bond donors (Lipinski definition) is 0. The molecule has 1 aromatic heterocycles. The summed E-state index contributed by atoms with van der Waals surface area (Å²) in [5.74, 6) is 0.490. The second-order valence-corrected chi connectivity index (χ2v) is 5.94. The Kier molecular flexibility index (Phi) is 4.57. The van der Waals surface area contributed by atoms with Gasteiger partial charge in [-0.25, -0.2) is 9.59 Å². The lowest BCUT2D eigenvalue weighted by molar-refractivity contribution is -0.136. The van der Waals surface area contributed by atoms with Crippen molar-refractivity contribution in [3.05, 3.63) is 69.6 Å². The molecule has 5 nitrogen and oxygen atoms in total. The van der Waals surface area contributed by atoms with Crippen molar-refractivity contribution >= 4 is 16.9 Å². The van der Waals surface area contributed by atoms with Gasteiger partial charge in [-0.15, -0.1) is 0 Å². The molecule has 0 radical (unpaired) electrons. The highest BCUT2D eigenvalue weighted by Gasteiger charge is 2.12. The van der Waals surface area contributed by atoms with Crippen LogP contribution in [0.2, 0.25) is 0 Å². The van der Waals surface area contributed by atoms with Gasteiger partial charge in [0, 0.05) is 17.5 Å². The summed E-state index contributed by atoms with van der Waals surface area (Å²) < 4.78 is 16.0. The molecule has 0 amide bonds. The van der Waals surface area contributed by atoms with Crippen LogP contribution >= 0.6 is 0 Å². The summed E-state index contributed by atoms with van der Waals surface area (Å²) >= 11 is 0. The number of fused-ring (bicyclic) bond motifs is 1. The van der Waals surface area contributed by atoms with Crippen LogP contribution in [0.3, 0.4) is 0 Å². The minimum Gasteiger partial charge on any atom is -0.482 e. The molecule has 0 bridgehead atoms. The van der Waals surface area contributed by atoms with Gasteiger partial charge in [0.2, 0.25) is 0 Å². The minimum atomic E-state index is -0.496. The Morgan fingerprint density at radius 3 is 2.40 bits per heavy atom. The van der Waals surface area contributed by atoms with Crippen LogP contribution in [0.15, 0.2) is 51.7 Å². The molecule has 3 aromatic rings. The molecule has 0 spiro atoms. The number of ether oxygens (including phenoxy) is 2. The molecule has 1 heterocycles. The molecular weight excluding hydrogens is 320 g/mol. The molecule has 128 valence electrons. The van der Waals surface area contributed by atoms with E-state index in [4.69, 9.17) is 13.9 Å². The topological polar surface area (TPSA) is 65.7 Å². The van der Waals surface area contributed by atoms with Crippen LogP contribution in [-0.2, 0) is 4.79 Å². The molecular formula is C20H18O5. The molecule has 0 saturated carbocycles. The highest BCUT2D eigenvalue weighted by Crippen LogP contribution is 2.25. The summed E-state index contributed by atoms with van der Waals surface area (Å²) in [6.07, 6.45) is 0. The van der Waals surface area contributed by atoms with E-state index in [1.807, 2.05) is 32.9 Å². The minimum absolute atomic E-state index is 0.241. The first kappa shape index (κ1) is 16.8. The summed E-state index contributed by atoms with van der Waals surface area (Å²) in [5.41, 5.74) is 2.89. The molecule has 0 unspecified atom stereocenters. The van der Waals surface area contributed by atoms with Gasteiger partial charge in [-0.1, -0.05) is 17.7 Å². The van der Waals surface area contributed by atoms with E-state index in [1.54, 1.807) is 24.3 Å². The van der Waals surface area contributed by atoms with Gasteiger partial charge in [0.25, 0.3) is 0 Å². The van der Waals surface area contributed by atoms with Gasteiger partial charge in [-0.05, 0) is 50.1 Å². The molecule has 25 heavy (non-hydrogen) atoms. The molecule has 0 aliphatic rings. The number of rotatable bonds is 4. The quantitative estimate of drug-likeness (QED) is 0.412. The van der Waals surface area contributed by atoms with E-state index in [2.05, 4.69) is 0 Å². The Hall–Kier alpha value is -3.08. The Bertz CT molecular complexity index is 977. The fourth-order valence-corrected chi connectivity index (χ4v) is 2.74. The van der Waals surface area contributed by atoms with Crippen molar-refractivity contribution in [3.8, 4) is 11.5 Å². The third kappa shape index (κ3) is 3.88. The van der Waals surface area contributed by atoms with Crippen LogP contribution < -0.4 is 15.1 Å².